The summed E-state index contributed by atoms with van der Waals surface area (Å²) in [6.07, 6.45) is 3.83. The van der Waals surface area contributed by atoms with Crippen LogP contribution in [0.2, 0.25) is 0 Å². The van der Waals surface area contributed by atoms with E-state index in [9.17, 15) is 0 Å². The van der Waals surface area contributed by atoms with Crippen LogP contribution in [0.5, 0.6) is 6.01 Å². The fraction of sp³-hybridized carbons (Fsp3) is 0.733. The van der Waals surface area contributed by atoms with Gasteiger partial charge in [0.25, 0.3) is 0 Å². The summed E-state index contributed by atoms with van der Waals surface area (Å²) >= 11 is 0. The first-order chi connectivity index (χ1) is 10.3. The second-order valence-electron chi connectivity index (χ2n) is 4.75. The van der Waals surface area contributed by atoms with Crippen molar-refractivity contribution in [1.29, 1.82) is 0 Å². The standard InChI is InChI=1S/C15H27N3O3/c1-4-6-16-11-14-12-17-15(18-13(14)2)21-10-9-20-8-5-7-19-3/h12,16H,4-11H2,1-3H3. The van der Waals surface area contributed by atoms with Gasteiger partial charge in [-0.3, -0.25) is 0 Å². The average molecular weight is 297 g/mol. The number of ether oxygens (including phenoxy) is 3. The summed E-state index contributed by atoms with van der Waals surface area (Å²) < 4.78 is 15.8. The molecule has 0 aliphatic heterocycles. The molecule has 0 aliphatic carbocycles. The van der Waals surface area contributed by atoms with Gasteiger partial charge in [0.2, 0.25) is 0 Å². The predicted molar refractivity (Wildman–Crippen MR) is 81.6 cm³/mol. The minimum Gasteiger partial charge on any atom is -0.461 e. The average Bonchev–Trinajstić information content (AvgIpc) is 2.48. The molecular weight excluding hydrogens is 270 g/mol. The lowest BCUT2D eigenvalue weighted by Crippen LogP contribution is -2.16. The normalized spacial score (nSPS) is 10.8. The van der Waals surface area contributed by atoms with Gasteiger partial charge in [-0.2, -0.15) is 0 Å². The zero-order valence-electron chi connectivity index (χ0n) is 13.4. The van der Waals surface area contributed by atoms with Crippen molar-refractivity contribution >= 4 is 0 Å². The topological polar surface area (TPSA) is 65.5 Å². The molecule has 21 heavy (non-hydrogen) atoms. The van der Waals surface area contributed by atoms with Crippen molar-refractivity contribution in [2.24, 2.45) is 0 Å². The van der Waals surface area contributed by atoms with Crippen molar-refractivity contribution in [3.63, 3.8) is 0 Å². The smallest absolute Gasteiger partial charge is 0.316 e. The second kappa shape index (κ2) is 11.4. The van der Waals surface area contributed by atoms with E-state index in [0.717, 1.165) is 43.8 Å². The summed E-state index contributed by atoms with van der Waals surface area (Å²) in [6, 6.07) is 0.409. The Bertz CT molecular complexity index is 388. The van der Waals surface area contributed by atoms with E-state index in [0.29, 0.717) is 25.8 Å². The van der Waals surface area contributed by atoms with Crippen molar-refractivity contribution in [3.05, 3.63) is 17.5 Å². The second-order valence-corrected chi connectivity index (χ2v) is 4.75. The molecule has 1 N–H and O–H groups in total. The molecule has 0 bridgehead atoms. The SMILES string of the molecule is CCCNCc1cnc(OCCOCCCOC)nc1C. The molecule has 0 amide bonds. The van der Waals surface area contributed by atoms with Gasteiger partial charge >= 0.3 is 6.01 Å². The van der Waals surface area contributed by atoms with Crippen LogP contribution in [0.25, 0.3) is 0 Å². The zero-order chi connectivity index (χ0) is 15.3. The van der Waals surface area contributed by atoms with Crippen LogP contribution in [0.1, 0.15) is 31.0 Å². The first-order valence-electron chi connectivity index (χ1n) is 7.50. The Morgan fingerprint density at radius 1 is 1.19 bits per heavy atom. The maximum absolute atomic E-state index is 5.48. The number of rotatable bonds is 12. The summed E-state index contributed by atoms with van der Waals surface area (Å²) in [5.41, 5.74) is 2.05. The van der Waals surface area contributed by atoms with Crippen molar-refractivity contribution < 1.29 is 14.2 Å². The summed E-state index contributed by atoms with van der Waals surface area (Å²) in [4.78, 5) is 8.57. The van der Waals surface area contributed by atoms with E-state index >= 15 is 0 Å². The van der Waals surface area contributed by atoms with Gasteiger partial charge in [-0.15, -0.1) is 0 Å². The largest absolute Gasteiger partial charge is 0.461 e. The minimum absolute atomic E-state index is 0.409. The fourth-order valence-electron chi connectivity index (χ4n) is 1.71. The van der Waals surface area contributed by atoms with Crippen molar-refractivity contribution in [2.45, 2.75) is 33.2 Å². The van der Waals surface area contributed by atoms with E-state index in [1.54, 1.807) is 7.11 Å². The number of aryl methyl sites for hydroxylation is 1. The summed E-state index contributed by atoms with van der Waals surface area (Å²) in [5, 5.41) is 3.34. The van der Waals surface area contributed by atoms with Gasteiger partial charge in [0, 0.05) is 44.3 Å². The Labute approximate surface area is 127 Å². The Kier molecular flexibility index (Phi) is 9.69. The number of methoxy groups -OCH3 is 1. The molecule has 0 fully saturated rings. The van der Waals surface area contributed by atoms with Crippen LogP contribution in [0, 0.1) is 6.92 Å². The maximum Gasteiger partial charge on any atom is 0.316 e. The van der Waals surface area contributed by atoms with Crippen LogP contribution >= 0.6 is 0 Å². The van der Waals surface area contributed by atoms with E-state index in [4.69, 9.17) is 14.2 Å². The molecule has 0 atom stereocenters. The van der Waals surface area contributed by atoms with E-state index in [1.165, 1.54) is 0 Å². The monoisotopic (exact) mass is 297 g/mol. The lowest BCUT2D eigenvalue weighted by atomic mass is 10.2. The number of aromatic nitrogens is 2. The molecule has 1 rings (SSSR count). The molecular formula is C15H27N3O3. The molecule has 0 saturated carbocycles. The first kappa shape index (κ1) is 17.8. The minimum atomic E-state index is 0.409. The number of hydrogen-bond acceptors (Lipinski definition) is 6. The van der Waals surface area contributed by atoms with Crippen LogP contribution in [0.15, 0.2) is 6.20 Å². The van der Waals surface area contributed by atoms with Crippen LogP contribution in [-0.4, -0.2) is 50.1 Å². The van der Waals surface area contributed by atoms with E-state index < -0.39 is 0 Å². The highest BCUT2D eigenvalue weighted by Gasteiger charge is 2.04. The van der Waals surface area contributed by atoms with E-state index in [-0.39, 0.29) is 0 Å². The third-order valence-electron chi connectivity index (χ3n) is 2.90. The van der Waals surface area contributed by atoms with Crippen LogP contribution in [0.4, 0.5) is 0 Å². The summed E-state index contributed by atoms with van der Waals surface area (Å²) in [5.74, 6) is 0. The molecule has 0 unspecified atom stereocenters. The Morgan fingerprint density at radius 3 is 2.76 bits per heavy atom. The van der Waals surface area contributed by atoms with Crippen molar-refractivity contribution in [1.82, 2.24) is 15.3 Å². The van der Waals surface area contributed by atoms with Gasteiger partial charge < -0.3 is 19.5 Å². The molecule has 6 nitrogen and oxygen atoms in total. The highest BCUT2D eigenvalue weighted by atomic mass is 16.5. The molecule has 6 heteroatoms. The van der Waals surface area contributed by atoms with Crippen LogP contribution < -0.4 is 10.1 Å². The highest BCUT2D eigenvalue weighted by molar-refractivity contribution is 5.17. The quantitative estimate of drug-likeness (QED) is 0.593. The van der Waals surface area contributed by atoms with Crippen molar-refractivity contribution in [2.75, 3.05) is 40.1 Å². The van der Waals surface area contributed by atoms with Gasteiger partial charge in [0.1, 0.15) is 6.61 Å². The predicted octanol–water partition coefficient (Wildman–Crippen LogP) is 1.72. The molecule has 1 heterocycles. The molecule has 1 aromatic rings. The molecule has 0 radical (unpaired) electrons. The maximum atomic E-state index is 5.48. The van der Waals surface area contributed by atoms with Gasteiger partial charge in [-0.25, -0.2) is 9.97 Å². The zero-order valence-corrected chi connectivity index (χ0v) is 13.4. The number of hydrogen-bond donors (Lipinski definition) is 1. The first-order valence-corrected chi connectivity index (χ1v) is 7.50. The molecule has 120 valence electrons. The molecule has 0 spiro atoms. The van der Waals surface area contributed by atoms with Crippen molar-refractivity contribution in [3.8, 4) is 6.01 Å². The Hall–Kier alpha value is -1.24. The third-order valence-corrected chi connectivity index (χ3v) is 2.90. The molecule has 0 aliphatic rings. The highest BCUT2D eigenvalue weighted by Crippen LogP contribution is 2.08. The third kappa shape index (κ3) is 7.94. The Morgan fingerprint density at radius 2 is 2.05 bits per heavy atom. The van der Waals surface area contributed by atoms with Gasteiger partial charge in [-0.05, 0) is 26.3 Å². The summed E-state index contributed by atoms with van der Waals surface area (Å²) in [7, 11) is 1.68. The van der Waals surface area contributed by atoms with E-state index in [2.05, 4.69) is 22.2 Å². The van der Waals surface area contributed by atoms with Crippen LogP contribution in [-0.2, 0) is 16.0 Å². The summed E-state index contributed by atoms with van der Waals surface area (Å²) in [6.45, 7) is 8.30. The fourth-order valence-corrected chi connectivity index (χ4v) is 1.71. The van der Waals surface area contributed by atoms with Crippen LogP contribution in [0.3, 0.4) is 0 Å². The number of nitrogens with zero attached hydrogens (tertiary/aromatic N) is 2. The molecule has 0 aromatic carbocycles. The molecule has 0 saturated heterocycles. The Balaban J connectivity index is 2.22. The number of nitrogens with one attached hydrogen (secondary N) is 1. The lowest BCUT2D eigenvalue weighted by molar-refractivity contribution is 0.0782. The van der Waals surface area contributed by atoms with E-state index in [1.807, 2.05) is 13.1 Å². The van der Waals surface area contributed by atoms with Gasteiger partial charge in [0.15, 0.2) is 0 Å². The van der Waals surface area contributed by atoms with Gasteiger partial charge in [0.05, 0.1) is 6.61 Å². The lowest BCUT2D eigenvalue weighted by Gasteiger charge is -2.09. The molecule has 1 aromatic heterocycles. The van der Waals surface area contributed by atoms with Gasteiger partial charge in [-0.1, -0.05) is 6.92 Å².